The van der Waals surface area contributed by atoms with Crippen LogP contribution in [0.5, 0.6) is 0 Å². The van der Waals surface area contributed by atoms with Crippen LogP contribution in [0.4, 0.5) is 0 Å². The van der Waals surface area contributed by atoms with Gasteiger partial charge in [-0.2, -0.15) is 0 Å². The molecular weight excluding hydrogens is 314 g/mol. The van der Waals surface area contributed by atoms with E-state index in [1.54, 1.807) is 0 Å². The summed E-state index contributed by atoms with van der Waals surface area (Å²) in [4.78, 5) is 0. The largest absolute Gasteiger partial charge is 0.459 e. The molecular formula is C14H15BrClNO. The first-order valence-electron chi connectivity index (χ1n) is 5.90. The molecule has 2 aromatic rings. The molecule has 0 radical (unpaired) electrons. The van der Waals surface area contributed by atoms with E-state index in [0.717, 1.165) is 28.1 Å². The summed E-state index contributed by atoms with van der Waals surface area (Å²) in [5, 5.41) is 4.02. The van der Waals surface area contributed by atoms with E-state index < -0.39 is 0 Å². The molecule has 96 valence electrons. The van der Waals surface area contributed by atoms with E-state index in [1.165, 1.54) is 0 Å². The zero-order chi connectivity index (χ0) is 13.1. The second kappa shape index (κ2) is 5.91. The van der Waals surface area contributed by atoms with Gasteiger partial charge in [0, 0.05) is 10.0 Å². The first kappa shape index (κ1) is 13.7. The SMILES string of the molecule is CCNC(C)c1ccc(-c2ccc(Cl)c(Br)c2)o1. The number of halogens is 2. The van der Waals surface area contributed by atoms with Crippen molar-refractivity contribution in [2.75, 3.05) is 6.54 Å². The van der Waals surface area contributed by atoms with Gasteiger partial charge in [-0.1, -0.05) is 18.5 Å². The molecule has 1 N–H and O–H groups in total. The van der Waals surface area contributed by atoms with Gasteiger partial charge in [0.1, 0.15) is 11.5 Å². The van der Waals surface area contributed by atoms with Crippen LogP contribution in [0.25, 0.3) is 11.3 Å². The van der Waals surface area contributed by atoms with Crippen molar-refractivity contribution in [3.8, 4) is 11.3 Å². The van der Waals surface area contributed by atoms with Crippen molar-refractivity contribution in [2.45, 2.75) is 19.9 Å². The molecule has 2 rings (SSSR count). The quantitative estimate of drug-likeness (QED) is 0.851. The molecule has 0 bridgehead atoms. The van der Waals surface area contributed by atoms with Crippen LogP contribution < -0.4 is 5.32 Å². The Balaban J connectivity index is 2.26. The predicted molar refractivity (Wildman–Crippen MR) is 78.9 cm³/mol. The molecule has 0 aliphatic heterocycles. The summed E-state index contributed by atoms with van der Waals surface area (Å²) in [6, 6.07) is 9.98. The van der Waals surface area contributed by atoms with Crippen LogP contribution in [0.2, 0.25) is 5.02 Å². The molecule has 2 nitrogen and oxygen atoms in total. The molecule has 1 aromatic heterocycles. The maximum atomic E-state index is 5.98. The van der Waals surface area contributed by atoms with Crippen molar-refractivity contribution in [3.05, 3.63) is 45.6 Å². The van der Waals surface area contributed by atoms with Gasteiger partial charge in [0.25, 0.3) is 0 Å². The molecule has 0 saturated carbocycles. The van der Waals surface area contributed by atoms with Crippen molar-refractivity contribution in [1.29, 1.82) is 0 Å². The fourth-order valence-corrected chi connectivity index (χ4v) is 2.29. The molecule has 4 heteroatoms. The fourth-order valence-electron chi connectivity index (χ4n) is 1.80. The van der Waals surface area contributed by atoms with Gasteiger partial charge < -0.3 is 9.73 Å². The Labute approximate surface area is 120 Å². The van der Waals surface area contributed by atoms with Crippen LogP contribution >= 0.6 is 27.5 Å². The summed E-state index contributed by atoms with van der Waals surface area (Å²) in [6.45, 7) is 5.09. The second-order valence-corrected chi connectivity index (χ2v) is 5.37. The van der Waals surface area contributed by atoms with Crippen molar-refractivity contribution in [3.63, 3.8) is 0 Å². The van der Waals surface area contributed by atoms with Crippen LogP contribution in [-0.2, 0) is 0 Å². The monoisotopic (exact) mass is 327 g/mol. The van der Waals surface area contributed by atoms with Gasteiger partial charge in [-0.05, 0) is 59.7 Å². The number of rotatable bonds is 4. The van der Waals surface area contributed by atoms with E-state index in [2.05, 4.69) is 35.1 Å². The maximum Gasteiger partial charge on any atom is 0.134 e. The Kier molecular flexibility index (Phi) is 4.49. The van der Waals surface area contributed by atoms with Gasteiger partial charge in [-0.25, -0.2) is 0 Å². The Morgan fingerprint density at radius 2 is 2.11 bits per heavy atom. The predicted octanol–water partition coefficient (Wildman–Crippen LogP) is 5.03. The summed E-state index contributed by atoms with van der Waals surface area (Å²) < 4.78 is 6.73. The van der Waals surface area contributed by atoms with E-state index >= 15 is 0 Å². The number of hydrogen-bond acceptors (Lipinski definition) is 2. The minimum Gasteiger partial charge on any atom is -0.459 e. The van der Waals surface area contributed by atoms with Gasteiger partial charge in [-0.3, -0.25) is 0 Å². The molecule has 18 heavy (non-hydrogen) atoms. The Hall–Kier alpha value is -0.770. The van der Waals surface area contributed by atoms with Crippen LogP contribution in [0.1, 0.15) is 25.6 Å². The van der Waals surface area contributed by atoms with Crippen LogP contribution in [0.15, 0.2) is 39.2 Å². The summed E-state index contributed by atoms with van der Waals surface area (Å²) in [5.74, 6) is 1.80. The van der Waals surface area contributed by atoms with E-state index in [0.29, 0.717) is 5.02 Å². The molecule has 0 aliphatic carbocycles. The van der Waals surface area contributed by atoms with Crippen molar-refractivity contribution in [1.82, 2.24) is 5.32 Å². The first-order valence-corrected chi connectivity index (χ1v) is 7.07. The fraction of sp³-hybridized carbons (Fsp3) is 0.286. The van der Waals surface area contributed by atoms with Gasteiger partial charge in [0.05, 0.1) is 11.1 Å². The lowest BCUT2D eigenvalue weighted by Gasteiger charge is -2.08. The lowest BCUT2D eigenvalue weighted by atomic mass is 10.2. The zero-order valence-corrected chi connectivity index (χ0v) is 12.7. The van der Waals surface area contributed by atoms with Crippen molar-refractivity contribution < 1.29 is 4.42 Å². The first-order chi connectivity index (χ1) is 8.61. The van der Waals surface area contributed by atoms with E-state index in [4.69, 9.17) is 16.0 Å². The summed E-state index contributed by atoms with van der Waals surface area (Å²) in [7, 11) is 0. The number of hydrogen-bond donors (Lipinski definition) is 1. The van der Waals surface area contributed by atoms with Gasteiger partial charge in [0.15, 0.2) is 0 Å². The average molecular weight is 329 g/mol. The van der Waals surface area contributed by atoms with Crippen LogP contribution in [0, 0.1) is 0 Å². The highest BCUT2D eigenvalue weighted by Gasteiger charge is 2.11. The highest BCUT2D eigenvalue weighted by Crippen LogP contribution is 2.30. The summed E-state index contributed by atoms with van der Waals surface area (Å²) in [5.41, 5.74) is 1.02. The molecule has 1 heterocycles. The number of benzene rings is 1. The second-order valence-electron chi connectivity index (χ2n) is 4.11. The number of furan rings is 1. The lowest BCUT2D eigenvalue weighted by molar-refractivity contribution is 0.445. The van der Waals surface area contributed by atoms with Gasteiger partial charge in [-0.15, -0.1) is 0 Å². The lowest BCUT2D eigenvalue weighted by Crippen LogP contribution is -2.16. The van der Waals surface area contributed by atoms with Gasteiger partial charge in [0.2, 0.25) is 0 Å². The minimum atomic E-state index is 0.222. The molecule has 0 fully saturated rings. The topological polar surface area (TPSA) is 25.2 Å². The third-order valence-corrected chi connectivity index (χ3v) is 3.98. The molecule has 0 saturated heterocycles. The van der Waals surface area contributed by atoms with E-state index in [9.17, 15) is 0 Å². The van der Waals surface area contributed by atoms with Crippen LogP contribution in [0.3, 0.4) is 0 Å². The standard InChI is InChI=1S/C14H15BrClNO/c1-3-17-9(2)13-6-7-14(18-13)10-4-5-12(16)11(15)8-10/h4-9,17H,3H2,1-2H3. The average Bonchev–Trinajstić information content (AvgIpc) is 2.82. The normalized spacial score (nSPS) is 12.7. The molecule has 0 aliphatic rings. The third-order valence-electron chi connectivity index (χ3n) is 2.77. The maximum absolute atomic E-state index is 5.98. The minimum absolute atomic E-state index is 0.222. The number of nitrogens with one attached hydrogen (secondary N) is 1. The molecule has 1 atom stereocenters. The molecule has 0 amide bonds. The van der Waals surface area contributed by atoms with E-state index in [1.807, 2.05) is 30.3 Å². The van der Waals surface area contributed by atoms with E-state index in [-0.39, 0.29) is 6.04 Å². The molecule has 1 unspecified atom stereocenters. The van der Waals surface area contributed by atoms with Crippen LogP contribution in [-0.4, -0.2) is 6.54 Å². The third kappa shape index (κ3) is 2.97. The summed E-state index contributed by atoms with van der Waals surface area (Å²) in [6.07, 6.45) is 0. The van der Waals surface area contributed by atoms with Crippen molar-refractivity contribution in [2.24, 2.45) is 0 Å². The molecule has 0 spiro atoms. The Morgan fingerprint density at radius 1 is 1.33 bits per heavy atom. The highest BCUT2D eigenvalue weighted by atomic mass is 79.9. The van der Waals surface area contributed by atoms with Gasteiger partial charge >= 0.3 is 0 Å². The highest BCUT2D eigenvalue weighted by molar-refractivity contribution is 9.10. The Morgan fingerprint density at radius 3 is 2.78 bits per heavy atom. The molecule has 1 aromatic carbocycles. The van der Waals surface area contributed by atoms with Crippen molar-refractivity contribution >= 4 is 27.5 Å². The smallest absolute Gasteiger partial charge is 0.134 e. The summed E-state index contributed by atoms with van der Waals surface area (Å²) >= 11 is 9.40. The zero-order valence-electron chi connectivity index (χ0n) is 10.3. The Bertz CT molecular complexity index is 538.